The summed E-state index contributed by atoms with van der Waals surface area (Å²) in [5.74, 6) is 0.341. The molecule has 2 aromatic rings. The highest BCUT2D eigenvalue weighted by Crippen LogP contribution is 2.28. The Bertz CT molecular complexity index is 1010. The normalized spacial score (nSPS) is 11.9. The van der Waals surface area contributed by atoms with E-state index in [0.29, 0.717) is 35.6 Å². The zero-order valence-corrected chi connectivity index (χ0v) is 20.7. The molecule has 1 atom stereocenters. The van der Waals surface area contributed by atoms with Gasteiger partial charge in [-0.3, -0.25) is 14.4 Å². The number of likely N-dealkylation sites (N-methyl/N-ethyl adjacent to an activating group) is 1. The van der Waals surface area contributed by atoms with Crippen molar-refractivity contribution >= 4 is 23.3 Å². The predicted octanol–water partition coefficient (Wildman–Crippen LogP) is 3.78. The van der Waals surface area contributed by atoms with E-state index in [1.807, 2.05) is 18.2 Å². The molecule has 8 nitrogen and oxygen atoms in total. The van der Waals surface area contributed by atoms with Crippen LogP contribution >= 0.6 is 0 Å². The Balaban J connectivity index is 1.97. The van der Waals surface area contributed by atoms with Gasteiger partial charge in [0.05, 0.1) is 20.6 Å². The first kappa shape index (κ1) is 26.9. The van der Waals surface area contributed by atoms with E-state index in [1.54, 1.807) is 66.3 Å². The molecule has 34 heavy (non-hydrogen) atoms. The van der Waals surface area contributed by atoms with Crippen LogP contribution in [0.1, 0.15) is 49.5 Å². The van der Waals surface area contributed by atoms with Gasteiger partial charge in [0.1, 0.15) is 11.6 Å². The molecule has 2 rings (SSSR count). The van der Waals surface area contributed by atoms with Gasteiger partial charge in [-0.2, -0.15) is 0 Å². The highest BCUT2D eigenvalue weighted by atomic mass is 16.6. The maximum absolute atomic E-state index is 12.7. The maximum atomic E-state index is 12.7. The van der Waals surface area contributed by atoms with Crippen molar-refractivity contribution in [1.29, 1.82) is 0 Å². The SMILES string of the molecule is CN[C@@H](CC(=O)Nc1cccc(C(=O)CCc2ccc(OC)c(OC)c2)c1)C(=O)OC(C)(C)C. The number of anilines is 1. The summed E-state index contributed by atoms with van der Waals surface area (Å²) < 4.78 is 15.9. The molecule has 2 aromatic carbocycles. The molecule has 0 bridgehead atoms. The first-order valence-corrected chi connectivity index (χ1v) is 11.1. The van der Waals surface area contributed by atoms with Crippen LogP contribution in [0.25, 0.3) is 0 Å². The topological polar surface area (TPSA) is 103 Å². The van der Waals surface area contributed by atoms with Crippen molar-refractivity contribution in [1.82, 2.24) is 5.32 Å². The van der Waals surface area contributed by atoms with Gasteiger partial charge >= 0.3 is 5.97 Å². The Hall–Kier alpha value is -3.39. The third-order valence-electron chi connectivity index (χ3n) is 4.99. The number of aryl methyl sites for hydroxylation is 1. The number of Topliss-reactive ketones (excluding diaryl/α,β-unsaturated/α-hetero) is 1. The second-order valence-electron chi connectivity index (χ2n) is 8.82. The monoisotopic (exact) mass is 470 g/mol. The van der Waals surface area contributed by atoms with Crippen molar-refractivity contribution < 1.29 is 28.6 Å². The molecule has 0 saturated carbocycles. The third-order valence-corrected chi connectivity index (χ3v) is 4.99. The number of esters is 1. The molecule has 0 aromatic heterocycles. The molecular formula is C26H34N2O6. The van der Waals surface area contributed by atoms with Crippen molar-refractivity contribution in [3.05, 3.63) is 53.6 Å². The van der Waals surface area contributed by atoms with Crippen LogP contribution in [0.5, 0.6) is 11.5 Å². The molecule has 0 spiro atoms. The number of hydrogen-bond acceptors (Lipinski definition) is 7. The van der Waals surface area contributed by atoms with Gasteiger partial charge in [0.15, 0.2) is 17.3 Å². The lowest BCUT2D eigenvalue weighted by molar-refractivity contribution is -0.158. The molecule has 0 aliphatic carbocycles. The fraction of sp³-hybridized carbons (Fsp3) is 0.423. The lowest BCUT2D eigenvalue weighted by atomic mass is 10.0. The number of carbonyl (C=O) groups excluding carboxylic acids is 3. The van der Waals surface area contributed by atoms with Crippen LogP contribution in [0, 0.1) is 0 Å². The van der Waals surface area contributed by atoms with Gasteiger partial charge in [-0.1, -0.05) is 18.2 Å². The molecule has 0 fully saturated rings. The number of methoxy groups -OCH3 is 2. The van der Waals surface area contributed by atoms with E-state index >= 15 is 0 Å². The summed E-state index contributed by atoms with van der Waals surface area (Å²) in [6, 6.07) is 11.5. The summed E-state index contributed by atoms with van der Waals surface area (Å²) in [5, 5.41) is 5.56. The number of benzene rings is 2. The first-order valence-electron chi connectivity index (χ1n) is 11.1. The number of rotatable bonds is 11. The third kappa shape index (κ3) is 8.19. The van der Waals surface area contributed by atoms with Gasteiger partial charge in [0.25, 0.3) is 0 Å². The van der Waals surface area contributed by atoms with Crippen LogP contribution in [0.3, 0.4) is 0 Å². The molecule has 0 aliphatic rings. The summed E-state index contributed by atoms with van der Waals surface area (Å²) in [7, 11) is 4.74. The minimum absolute atomic E-state index is 0.0484. The standard InChI is InChI=1S/C26H34N2O6/c1-26(2,3)34-25(31)20(27-4)16-24(30)28-19-9-7-8-18(15-19)21(29)12-10-17-11-13-22(32-5)23(14-17)33-6/h7-9,11,13-15,20,27H,10,12,16H2,1-6H3,(H,28,30)/t20-/m0/s1. The van der Waals surface area contributed by atoms with E-state index in [-0.39, 0.29) is 18.1 Å². The van der Waals surface area contributed by atoms with E-state index < -0.39 is 17.6 Å². The smallest absolute Gasteiger partial charge is 0.324 e. The Morgan fingerprint density at radius 3 is 2.29 bits per heavy atom. The Labute approximate surface area is 201 Å². The van der Waals surface area contributed by atoms with Crippen molar-refractivity contribution in [2.75, 3.05) is 26.6 Å². The molecule has 0 heterocycles. The number of amides is 1. The summed E-state index contributed by atoms with van der Waals surface area (Å²) >= 11 is 0. The minimum Gasteiger partial charge on any atom is -0.493 e. The molecule has 8 heteroatoms. The Morgan fingerprint density at radius 2 is 1.68 bits per heavy atom. The molecule has 0 aliphatic heterocycles. The molecule has 0 radical (unpaired) electrons. The van der Waals surface area contributed by atoms with Crippen molar-refractivity contribution in [3.8, 4) is 11.5 Å². The van der Waals surface area contributed by atoms with E-state index in [2.05, 4.69) is 10.6 Å². The zero-order valence-electron chi connectivity index (χ0n) is 20.7. The highest BCUT2D eigenvalue weighted by Gasteiger charge is 2.26. The second-order valence-corrected chi connectivity index (χ2v) is 8.82. The molecule has 0 unspecified atom stereocenters. The second kappa shape index (κ2) is 12.2. The van der Waals surface area contributed by atoms with Crippen LogP contribution in [0.2, 0.25) is 0 Å². The number of carbonyl (C=O) groups is 3. The first-order chi connectivity index (χ1) is 16.1. The van der Waals surface area contributed by atoms with Crippen molar-refractivity contribution in [3.63, 3.8) is 0 Å². The lowest BCUT2D eigenvalue weighted by Gasteiger charge is -2.23. The van der Waals surface area contributed by atoms with Crippen LogP contribution in [0.4, 0.5) is 5.69 Å². The summed E-state index contributed by atoms with van der Waals surface area (Å²) in [6.45, 7) is 5.31. The van der Waals surface area contributed by atoms with E-state index in [1.165, 1.54) is 0 Å². The number of ketones is 1. The van der Waals surface area contributed by atoms with E-state index in [0.717, 1.165) is 5.56 Å². The van der Waals surface area contributed by atoms with Crippen LogP contribution in [0.15, 0.2) is 42.5 Å². The minimum atomic E-state index is -0.773. The fourth-order valence-electron chi connectivity index (χ4n) is 3.28. The van der Waals surface area contributed by atoms with Gasteiger partial charge in [-0.15, -0.1) is 0 Å². The molecule has 1 amide bonds. The van der Waals surface area contributed by atoms with E-state index in [9.17, 15) is 14.4 Å². The summed E-state index contributed by atoms with van der Waals surface area (Å²) in [4.78, 5) is 37.5. The zero-order chi connectivity index (χ0) is 25.3. The highest BCUT2D eigenvalue weighted by molar-refractivity contribution is 5.99. The average molecular weight is 471 g/mol. The van der Waals surface area contributed by atoms with Gasteiger partial charge in [-0.25, -0.2) is 0 Å². The van der Waals surface area contributed by atoms with Crippen LogP contribution in [-0.4, -0.2) is 50.6 Å². The fourth-order valence-corrected chi connectivity index (χ4v) is 3.28. The molecule has 0 saturated heterocycles. The van der Waals surface area contributed by atoms with Crippen molar-refractivity contribution in [2.45, 2.75) is 51.7 Å². The number of hydrogen-bond donors (Lipinski definition) is 2. The molecule has 184 valence electrons. The number of ether oxygens (including phenoxy) is 3. The number of nitrogens with one attached hydrogen (secondary N) is 2. The average Bonchev–Trinajstić information content (AvgIpc) is 2.79. The largest absolute Gasteiger partial charge is 0.493 e. The van der Waals surface area contributed by atoms with Gasteiger partial charge < -0.3 is 24.8 Å². The molecular weight excluding hydrogens is 436 g/mol. The van der Waals surface area contributed by atoms with E-state index in [4.69, 9.17) is 14.2 Å². The summed E-state index contributed by atoms with van der Waals surface area (Å²) in [6.07, 6.45) is 0.742. The predicted molar refractivity (Wildman–Crippen MR) is 131 cm³/mol. The maximum Gasteiger partial charge on any atom is 0.324 e. The van der Waals surface area contributed by atoms with Gasteiger partial charge in [-0.05, 0) is 64.1 Å². The van der Waals surface area contributed by atoms with Crippen LogP contribution < -0.4 is 20.1 Å². The Kier molecular flexibility index (Phi) is 9.62. The molecule has 2 N–H and O–H groups in total. The quantitative estimate of drug-likeness (QED) is 0.381. The van der Waals surface area contributed by atoms with Crippen molar-refractivity contribution in [2.24, 2.45) is 0 Å². The van der Waals surface area contributed by atoms with Gasteiger partial charge in [0, 0.05) is 17.7 Å². The summed E-state index contributed by atoms with van der Waals surface area (Å²) in [5.41, 5.74) is 1.29. The van der Waals surface area contributed by atoms with Gasteiger partial charge in [0.2, 0.25) is 5.91 Å². The van der Waals surface area contributed by atoms with Crippen LogP contribution in [-0.2, 0) is 20.7 Å². The lowest BCUT2D eigenvalue weighted by Crippen LogP contribution is -2.41. The Morgan fingerprint density at radius 1 is 0.971 bits per heavy atom.